The summed E-state index contributed by atoms with van der Waals surface area (Å²) in [5.41, 5.74) is 5.46. The van der Waals surface area contributed by atoms with Gasteiger partial charge in [0.1, 0.15) is 5.82 Å². The summed E-state index contributed by atoms with van der Waals surface area (Å²) in [7, 11) is 3.96. The highest BCUT2D eigenvalue weighted by atomic mass is 16.1. The van der Waals surface area contributed by atoms with Crippen molar-refractivity contribution in [1.29, 1.82) is 0 Å². The minimum atomic E-state index is -0.104. The van der Waals surface area contributed by atoms with E-state index in [1.54, 1.807) is 0 Å². The fourth-order valence-corrected chi connectivity index (χ4v) is 3.83. The van der Waals surface area contributed by atoms with Crippen molar-refractivity contribution in [1.82, 2.24) is 9.97 Å². The van der Waals surface area contributed by atoms with E-state index < -0.39 is 0 Å². The van der Waals surface area contributed by atoms with Gasteiger partial charge in [0.05, 0.1) is 22.4 Å². The number of imidazole rings is 1. The fraction of sp³-hybridized carbons (Fsp3) is 0.364. The van der Waals surface area contributed by atoms with Crippen LogP contribution in [-0.2, 0) is 0 Å². The molecule has 3 aromatic rings. The van der Waals surface area contributed by atoms with Crippen LogP contribution in [0.3, 0.4) is 0 Å². The minimum Gasteiger partial charge on any atom is -0.376 e. The summed E-state index contributed by atoms with van der Waals surface area (Å²) in [4.78, 5) is 23.0. The van der Waals surface area contributed by atoms with E-state index in [9.17, 15) is 4.79 Å². The van der Waals surface area contributed by atoms with Crippen LogP contribution in [0, 0.1) is 6.92 Å². The van der Waals surface area contributed by atoms with E-state index in [0.717, 1.165) is 33.8 Å². The topological polar surface area (TPSA) is 61.0 Å². The van der Waals surface area contributed by atoms with E-state index >= 15 is 0 Å². The van der Waals surface area contributed by atoms with Gasteiger partial charge in [-0.05, 0) is 44.0 Å². The molecule has 4 rings (SSSR count). The predicted octanol–water partition coefficient (Wildman–Crippen LogP) is 4.85. The normalized spacial score (nSPS) is 14.6. The van der Waals surface area contributed by atoms with Crippen molar-refractivity contribution in [2.45, 2.75) is 38.5 Å². The van der Waals surface area contributed by atoms with Crippen LogP contribution >= 0.6 is 0 Å². The number of hydrogen-bond acceptors (Lipinski definition) is 3. The standard InChI is InChI=1S/C22H26N4O/c1-14-8-10-16(11-9-14)22(27)25-19-12-17-18(13-20(19)26(2)3)24-21(23-17)15-6-4-5-7-15/h8-13,15H,4-7H2,1-3H3,(H,23,24)(H,25,27). The molecule has 0 bridgehead atoms. The monoisotopic (exact) mass is 362 g/mol. The molecule has 1 fully saturated rings. The quantitative estimate of drug-likeness (QED) is 0.698. The molecule has 0 radical (unpaired) electrons. The second-order valence-electron chi connectivity index (χ2n) is 7.70. The van der Waals surface area contributed by atoms with Crippen molar-refractivity contribution >= 4 is 28.3 Å². The van der Waals surface area contributed by atoms with Gasteiger partial charge >= 0.3 is 0 Å². The second-order valence-corrected chi connectivity index (χ2v) is 7.70. The molecule has 1 aliphatic rings. The zero-order valence-corrected chi connectivity index (χ0v) is 16.2. The van der Waals surface area contributed by atoms with Crippen LogP contribution in [0.2, 0.25) is 0 Å². The van der Waals surface area contributed by atoms with Crippen molar-refractivity contribution < 1.29 is 4.79 Å². The Balaban J connectivity index is 1.68. The Labute approximate surface area is 159 Å². The Morgan fingerprint density at radius 1 is 1.15 bits per heavy atom. The van der Waals surface area contributed by atoms with Crippen molar-refractivity contribution in [2.24, 2.45) is 0 Å². The molecule has 1 saturated carbocycles. The smallest absolute Gasteiger partial charge is 0.255 e. The van der Waals surface area contributed by atoms with Gasteiger partial charge in [-0.2, -0.15) is 0 Å². The molecule has 5 heteroatoms. The number of benzene rings is 2. The first-order chi connectivity index (χ1) is 13.0. The molecule has 1 aliphatic carbocycles. The SMILES string of the molecule is Cc1ccc(C(=O)Nc2cc3[nH]c(C4CCCC4)nc3cc2N(C)C)cc1. The molecule has 0 saturated heterocycles. The second kappa shape index (κ2) is 7.06. The highest BCUT2D eigenvalue weighted by Crippen LogP contribution is 2.35. The number of nitrogens with one attached hydrogen (secondary N) is 2. The van der Waals surface area contributed by atoms with E-state index in [0.29, 0.717) is 11.5 Å². The Hall–Kier alpha value is -2.82. The van der Waals surface area contributed by atoms with E-state index in [1.165, 1.54) is 25.7 Å². The summed E-state index contributed by atoms with van der Waals surface area (Å²) in [6.45, 7) is 2.01. The molecule has 140 valence electrons. The fourth-order valence-electron chi connectivity index (χ4n) is 3.83. The van der Waals surface area contributed by atoms with Gasteiger partial charge in [-0.15, -0.1) is 0 Å². The van der Waals surface area contributed by atoms with Crippen molar-refractivity contribution in [3.63, 3.8) is 0 Å². The molecule has 0 unspecified atom stereocenters. The number of carbonyl (C=O) groups is 1. The van der Waals surface area contributed by atoms with Crippen molar-refractivity contribution in [2.75, 3.05) is 24.3 Å². The van der Waals surface area contributed by atoms with Crippen LogP contribution < -0.4 is 10.2 Å². The number of carbonyl (C=O) groups excluding carboxylic acids is 1. The average molecular weight is 362 g/mol. The first-order valence-corrected chi connectivity index (χ1v) is 9.60. The summed E-state index contributed by atoms with van der Waals surface area (Å²) in [5, 5.41) is 3.07. The molecule has 1 amide bonds. The van der Waals surface area contributed by atoms with Crippen molar-refractivity contribution in [3.05, 3.63) is 53.3 Å². The van der Waals surface area contributed by atoms with E-state index in [2.05, 4.69) is 16.4 Å². The third kappa shape index (κ3) is 3.54. The summed E-state index contributed by atoms with van der Waals surface area (Å²) in [6.07, 6.45) is 4.97. The molecule has 0 spiro atoms. The highest BCUT2D eigenvalue weighted by Gasteiger charge is 2.21. The summed E-state index contributed by atoms with van der Waals surface area (Å²) < 4.78 is 0. The first kappa shape index (κ1) is 17.6. The van der Waals surface area contributed by atoms with E-state index in [4.69, 9.17) is 4.98 Å². The van der Waals surface area contributed by atoms with Gasteiger partial charge < -0.3 is 15.2 Å². The molecule has 0 atom stereocenters. The minimum absolute atomic E-state index is 0.104. The molecular weight excluding hydrogens is 336 g/mol. The van der Waals surface area contributed by atoms with Gasteiger partial charge in [0.25, 0.3) is 5.91 Å². The van der Waals surface area contributed by atoms with Gasteiger partial charge in [0.15, 0.2) is 0 Å². The van der Waals surface area contributed by atoms with Gasteiger partial charge in [-0.25, -0.2) is 4.98 Å². The molecular formula is C22H26N4O. The predicted molar refractivity (Wildman–Crippen MR) is 111 cm³/mol. The maximum Gasteiger partial charge on any atom is 0.255 e. The number of hydrogen-bond donors (Lipinski definition) is 2. The summed E-state index contributed by atoms with van der Waals surface area (Å²) >= 11 is 0. The maximum absolute atomic E-state index is 12.7. The molecule has 2 aromatic carbocycles. The Morgan fingerprint density at radius 2 is 1.85 bits per heavy atom. The Kier molecular flexibility index (Phi) is 4.60. The third-order valence-electron chi connectivity index (χ3n) is 5.40. The lowest BCUT2D eigenvalue weighted by Gasteiger charge is -2.18. The van der Waals surface area contributed by atoms with Crippen LogP contribution in [0.4, 0.5) is 11.4 Å². The Morgan fingerprint density at radius 3 is 2.52 bits per heavy atom. The van der Waals surface area contributed by atoms with E-state index in [1.807, 2.05) is 56.3 Å². The largest absolute Gasteiger partial charge is 0.376 e. The number of fused-ring (bicyclic) bond motifs is 1. The number of H-pyrrole nitrogens is 1. The molecule has 1 aromatic heterocycles. The lowest BCUT2D eigenvalue weighted by Crippen LogP contribution is -2.16. The number of rotatable bonds is 4. The Bertz CT molecular complexity index is 966. The lowest BCUT2D eigenvalue weighted by molar-refractivity contribution is 0.102. The third-order valence-corrected chi connectivity index (χ3v) is 5.40. The zero-order chi connectivity index (χ0) is 19.0. The maximum atomic E-state index is 12.7. The molecule has 0 aliphatic heterocycles. The van der Waals surface area contributed by atoms with Crippen LogP contribution in [-0.4, -0.2) is 30.0 Å². The number of amides is 1. The summed E-state index contributed by atoms with van der Waals surface area (Å²) in [5.74, 6) is 1.51. The number of anilines is 2. The van der Waals surface area contributed by atoms with Crippen LogP contribution in [0.15, 0.2) is 36.4 Å². The number of aromatic nitrogens is 2. The number of aromatic amines is 1. The molecule has 2 N–H and O–H groups in total. The van der Waals surface area contributed by atoms with Gasteiger partial charge in [0.2, 0.25) is 0 Å². The van der Waals surface area contributed by atoms with Gasteiger partial charge in [-0.1, -0.05) is 30.5 Å². The van der Waals surface area contributed by atoms with Crippen LogP contribution in [0.25, 0.3) is 11.0 Å². The molecule has 1 heterocycles. The molecule has 5 nitrogen and oxygen atoms in total. The zero-order valence-electron chi connectivity index (χ0n) is 16.2. The van der Waals surface area contributed by atoms with Crippen molar-refractivity contribution in [3.8, 4) is 0 Å². The molecule has 27 heavy (non-hydrogen) atoms. The van der Waals surface area contributed by atoms with Gasteiger partial charge in [-0.3, -0.25) is 4.79 Å². The summed E-state index contributed by atoms with van der Waals surface area (Å²) in [6, 6.07) is 11.7. The van der Waals surface area contributed by atoms with Crippen LogP contribution in [0.1, 0.15) is 53.3 Å². The first-order valence-electron chi connectivity index (χ1n) is 9.60. The average Bonchev–Trinajstić information content (AvgIpc) is 3.30. The van der Waals surface area contributed by atoms with Crippen LogP contribution in [0.5, 0.6) is 0 Å². The lowest BCUT2D eigenvalue weighted by atomic mass is 10.1. The van der Waals surface area contributed by atoms with E-state index in [-0.39, 0.29) is 5.91 Å². The van der Waals surface area contributed by atoms with Gasteiger partial charge in [0, 0.05) is 25.6 Å². The number of nitrogens with zero attached hydrogens (tertiary/aromatic N) is 2. The number of aryl methyl sites for hydroxylation is 1. The highest BCUT2D eigenvalue weighted by molar-refractivity contribution is 6.07.